The maximum atomic E-state index is 13.2. The normalized spacial score (nSPS) is 25.0. The second-order valence-electron chi connectivity index (χ2n) is 7.92. The zero-order valence-electron chi connectivity index (χ0n) is 16.0. The summed E-state index contributed by atoms with van der Waals surface area (Å²) in [5.41, 5.74) is 2.84. The van der Waals surface area contributed by atoms with Crippen LogP contribution in [0.2, 0.25) is 0 Å². The van der Waals surface area contributed by atoms with Crippen LogP contribution in [0.1, 0.15) is 23.2 Å². The fourth-order valence-corrected chi connectivity index (χ4v) is 4.64. The van der Waals surface area contributed by atoms with Gasteiger partial charge >= 0.3 is 0 Å². The molecule has 5 nitrogen and oxygen atoms in total. The first kappa shape index (κ1) is 17.5. The van der Waals surface area contributed by atoms with Gasteiger partial charge in [-0.2, -0.15) is 0 Å². The Balaban J connectivity index is 1.44. The topological polar surface area (TPSA) is 46.5 Å². The summed E-state index contributed by atoms with van der Waals surface area (Å²) < 4.78 is 7.80. The van der Waals surface area contributed by atoms with Gasteiger partial charge in [-0.3, -0.25) is 9.69 Å². The SMILES string of the molecule is CN1[C@@H]2COC[C@H]1C[C@@H](NC(=O)c1cn(-c3ccccc3)c3ccccc13)C2. The van der Waals surface area contributed by atoms with Crippen LogP contribution in [-0.4, -0.2) is 53.8 Å². The Morgan fingerprint density at radius 1 is 1.00 bits per heavy atom. The molecule has 3 heterocycles. The highest BCUT2D eigenvalue weighted by Crippen LogP contribution is 2.28. The third-order valence-electron chi connectivity index (χ3n) is 6.21. The molecule has 1 aromatic heterocycles. The van der Waals surface area contributed by atoms with E-state index in [1.165, 1.54) is 0 Å². The number of nitrogens with one attached hydrogen (secondary N) is 1. The van der Waals surface area contributed by atoms with Gasteiger partial charge in [-0.15, -0.1) is 0 Å². The molecule has 0 spiro atoms. The smallest absolute Gasteiger partial charge is 0.253 e. The summed E-state index contributed by atoms with van der Waals surface area (Å²) in [5.74, 6) is 0.0134. The molecule has 0 aliphatic carbocycles. The van der Waals surface area contributed by atoms with E-state index in [0.29, 0.717) is 12.1 Å². The van der Waals surface area contributed by atoms with Crippen LogP contribution in [-0.2, 0) is 4.74 Å². The minimum atomic E-state index is 0.0134. The summed E-state index contributed by atoms with van der Waals surface area (Å²) in [6, 6.07) is 19.2. The van der Waals surface area contributed by atoms with Gasteiger partial charge in [-0.25, -0.2) is 0 Å². The lowest BCUT2D eigenvalue weighted by atomic mass is 9.90. The van der Waals surface area contributed by atoms with Crippen LogP contribution < -0.4 is 5.32 Å². The number of hydrogen-bond acceptors (Lipinski definition) is 3. The van der Waals surface area contributed by atoms with E-state index in [1.807, 2.05) is 42.6 Å². The molecular weight excluding hydrogens is 350 g/mol. The van der Waals surface area contributed by atoms with Crippen molar-refractivity contribution in [3.63, 3.8) is 0 Å². The molecule has 5 heteroatoms. The standard InChI is InChI=1S/C23H25N3O2/c1-25-18-11-16(12-19(25)15-28-14-18)24-23(27)21-13-26(17-7-3-2-4-8-17)22-10-6-5-9-20(21)22/h2-10,13,16,18-19H,11-12,14-15H2,1H3,(H,24,27)/t16-,18-,19+. The van der Waals surface area contributed by atoms with Gasteiger partial charge in [0.2, 0.25) is 0 Å². The maximum Gasteiger partial charge on any atom is 0.253 e. The predicted octanol–water partition coefficient (Wildman–Crippen LogP) is 3.22. The molecule has 0 radical (unpaired) electrons. The van der Waals surface area contributed by atoms with Gasteiger partial charge in [0.25, 0.3) is 5.91 Å². The van der Waals surface area contributed by atoms with Gasteiger partial charge in [0.15, 0.2) is 0 Å². The molecule has 5 rings (SSSR count). The number of rotatable bonds is 3. The number of aromatic nitrogens is 1. The maximum absolute atomic E-state index is 13.2. The number of amides is 1. The van der Waals surface area contributed by atoms with Gasteiger partial charge in [0.05, 0.1) is 24.3 Å². The van der Waals surface area contributed by atoms with Gasteiger partial charge in [-0.05, 0) is 38.1 Å². The quantitative estimate of drug-likeness (QED) is 0.765. The van der Waals surface area contributed by atoms with Crippen molar-refractivity contribution in [3.8, 4) is 5.69 Å². The molecule has 2 bridgehead atoms. The summed E-state index contributed by atoms with van der Waals surface area (Å²) in [6.45, 7) is 1.51. The Morgan fingerprint density at radius 3 is 2.43 bits per heavy atom. The van der Waals surface area contributed by atoms with Crippen LogP contribution in [0, 0.1) is 0 Å². The highest BCUT2D eigenvalue weighted by molar-refractivity contribution is 6.07. The summed E-state index contributed by atoms with van der Waals surface area (Å²) in [4.78, 5) is 15.6. The van der Waals surface area contributed by atoms with Crippen molar-refractivity contribution in [2.45, 2.75) is 31.0 Å². The summed E-state index contributed by atoms with van der Waals surface area (Å²) in [7, 11) is 2.17. The molecule has 1 N–H and O–H groups in total. The Hall–Kier alpha value is -2.63. The van der Waals surface area contributed by atoms with Crippen molar-refractivity contribution < 1.29 is 9.53 Å². The lowest BCUT2D eigenvalue weighted by Crippen LogP contribution is -2.59. The Labute approximate surface area is 164 Å². The monoisotopic (exact) mass is 375 g/mol. The molecule has 0 saturated carbocycles. The summed E-state index contributed by atoms with van der Waals surface area (Å²) in [6.07, 6.45) is 3.85. The highest BCUT2D eigenvalue weighted by Gasteiger charge is 2.37. The number of ether oxygens (including phenoxy) is 1. The van der Waals surface area contributed by atoms with E-state index in [4.69, 9.17) is 4.74 Å². The van der Waals surface area contributed by atoms with Crippen molar-refractivity contribution in [2.24, 2.45) is 0 Å². The van der Waals surface area contributed by atoms with E-state index in [9.17, 15) is 4.79 Å². The molecule has 2 aromatic carbocycles. The molecule has 3 aromatic rings. The van der Waals surface area contributed by atoms with Crippen LogP contribution in [0.25, 0.3) is 16.6 Å². The van der Waals surface area contributed by atoms with Gasteiger partial charge in [0.1, 0.15) is 0 Å². The lowest BCUT2D eigenvalue weighted by Gasteiger charge is -2.46. The number of morpholine rings is 1. The second kappa shape index (κ2) is 7.08. The van der Waals surface area contributed by atoms with E-state index in [2.05, 4.69) is 40.0 Å². The Kier molecular flexibility index (Phi) is 4.41. The lowest BCUT2D eigenvalue weighted by molar-refractivity contribution is -0.0670. The minimum absolute atomic E-state index is 0.0134. The number of carbonyl (C=O) groups excluding carboxylic acids is 1. The fraction of sp³-hybridized carbons (Fsp3) is 0.348. The van der Waals surface area contributed by atoms with E-state index in [-0.39, 0.29) is 11.9 Å². The third-order valence-corrected chi connectivity index (χ3v) is 6.21. The predicted molar refractivity (Wildman–Crippen MR) is 110 cm³/mol. The third kappa shape index (κ3) is 3.01. The van der Waals surface area contributed by atoms with Crippen LogP contribution in [0.5, 0.6) is 0 Å². The van der Waals surface area contributed by atoms with Crippen LogP contribution in [0.4, 0.5) is 0 Å². The van der Waals surface area contributed by atoms with Gasteiger partial charge < -0.3 is 14.6 Å². The molecule has 2 aliphatic rings. The molecule has 144 valence electrons. The largest absolute Gasteiger partial charge is 0.378 e. The molecule has 28 heavy (non-hydrogen) atoms. The number of carbonyl (C=O) groups is 1. The fourth-order valence-electron chi connectivity index (χ4n) is 4.64. The van der Waals surface area contributed by atoms with E-state index >= 15 is 0 Å². The number of benzene rings is 2. The van der Waals surface area contributed by atoms with Crippen molar-refractivity contribution in [2.75, 3.05) is 20.3 Å². The van der Waals surface area contributed by atoms with E-state index in [0.717, 1.165) is 48.2 Å². The number of piperidine rings is 1. The summed E-state index contributed by atoms with van der Waals surface area (Å²) >= 11 is 0. The number of para-hydroxylation sites is 2. The zero-order chi connectivity index (χ0) is 19.1. The van der Waals surface area contributed by atoms with E-state index in [1.54, 1.807) is 0 Å². The number of nitrogens with zero attached hydrogens (tertiary/aromatic N) is 2. The Bertz CT molecular complexity index is 984. The first-order valence-electron chi connectivity index (χ1n) is 9.97. The number of fused-ring (bicyclic) bond motifs is 3. The highest BCUT2D eigenvalue weighted by atomic mass is 16.5. The summed E-state index contributed by atoms with van der Waals surface area (Å²) in [5, 5.41) is 4.29. The zero-order valence-corrected chi connectivity index (χ0v) is 16.0. The number of likely N-dealkylation sites (N-methyl/N-ethyl adjacent to an activating group) is 1. The van der Waals surface area contributed by atoms with Gasteiger partial charge in [0, 0.05) is 35.4 Å². The van der Waals surface area contributed by atoms with Crippen LogP contribution in [0.3, 0.4) is 0 Å². The van der Waals surface area contributed by atoms with Crippen molar-refractivity contribution in [1.82, 2.24) is 14.8 Å². The molecule has 3 atom stereocenters. The van der Waals surface area contributed by atoms with Crippen molar-refractivity contribution >= 4 is 16.8 Å². The van der Waals surface area contributed by atoms with Crippen molar-refractivity contribution in [3.05, 3.63) is 66.4 Å². The van der Waals surface area contributed by atoms with Crippen LogP contribution in [0.15, 0.2) is 60.8 Å². The van der Waals surface area contributed by atoms with Gasteiger partial charge in [-0.1, -0.05) is 36.4 Å². The molecule has 2 aliphatic heterocycles. The second-order valence-corrected chi connectivity index (χ2v) is 7.92. The number of hydrogen-bond donors (Lipinski definition) is 1. The molecule has 2 saturated heterocycles. The average molecular weight is 375 g/mol. The first-order valence-corrected chi connectivity index (χ1v) is 9.97. The van der Waals surface area contributed by atoms with Crippen LogP contribution >= 0.6 is 0 Å². The first-order chi connectivity index (χ1) is 13.7. The molecule has 2 fully saturated rings. The molecule has 0 unspecified atom stereocenters. The average Bonchev–Trinajstić information content (AvgIpc) is 3.09. The molecule has 1 amide bonds. The van der Waals surface area contributed by atoms with Crippen molar-refractivity contribution in [1.29, 1.82) is 0 Å². The molecular formula is C23H25N3O2. The Morgan fingerprint density at radius 2 is 1.68 bits per heavy atom. The minimum Gasteiger partial charge on any atom is -0.378 e. The van der Waals surface area contributed by atoms with E-state index < -0.39 is 0 Å².